The van der Waals surface area contributed by atoms with E-state index >= 15 is 0 Å². The van der Waals surface area contributed by atoms with Crippen LogP contribution >= 0.6 is 11.3 Å². The minimum Gasteiger partial charge on any atom is -0.485 e. The van der Waals surface area contributed by atoms with Crippen molar-refractivity contribution in [2.24, 2.45) is 0 Å². The van der Waals surface area contributed by atoms with Crippen LogP contribution in [0.3, 0.4) is 0 Å². The summed E-state index contributed by atoms with van der Waals surface area (Å²) < 4.78 is 13.5. The summed E-state index contributed by atoms with van der Waals surface area (Å²) in [5.74, 6) is 2.07. The first-order valence-corrected chi connectivity index (χ1v) is 8.21. The zero-order valence-corrected chi connectivity index (χ0v) is 13.2. The van der Waals surface area contributed by atoms with Gasteiger partial charge in [-0.25, -0.2) is 0 Å². The summed E-state index contributed by atoms with van der Waals surface area (Å²) in [6.07, 6.45) is 3.17. The minimum atomic E-state index is -0.348. The molecule has 8 heteroatoms. The van der Waals surface area contributed by atoms with Crippen LogP contribution in [0.15, 0.2) is 48.8 Å². The molecule has 1 atom stereocenters. The lowest BCUT2D eigenvalue weighted by Crippen LogP contribution is -2.23. The number of para-hydroxylation sites is 2. The molecule has 0 fully saturated rings. The Morgan fingerprint density at radius 2 is 2.00 bits per heavy atom. The lowest BCUT2D eigenvalue weighted by molar-refractivity contribution is 0.0836. The third kappa shape index (κ3) is 2.11. The van der Waals surface area contributed by atoms with Gasteiger partial charge in [0.15, 0.2) is 23.4 Å². The highest BCUT2D eigenvalue weighted by Crippen LogP contribution is 2.36. The quantitative estimate of drug-likeness (QED) is 0.560. The molecule has 118 valence electrons. The molecule has 24 heavy (non-hydrogen) atoms. The van der Waals surface area contributed by atoms with Crippen molar-refractivity contribution in [2.45, 2.75) is 6.10 Å². The average molecular weight is 337 g/mol. The van der Waals surface area contributed by atoms with Crippen LogP contribution < -0.4 is 9.47 Å². The summed E-state index contributed by atoms with van der Waals surface area (Å²) in [7, 11) is 0. The molecular formula is C16H11N5O2S. The molecule has 0 saturated carbocycles. The Balaban J connectivity index is 1.53. The van der Waals surface area contributed by atoms with E-state index in [0.717, 1.165) is 16.3 Å². The van der Waals surface area contributed by atoms with E-state index in [2.05, 4.69) is 20.3 Å². The van der Waals surface area contributed by atoms with Gasteiger partial charge in [-0.2, -0.15) is 9.61 Å². The van der Waals surface area contributed by atoms with Crippen LogP contribution in [-0.4, -0.2) is 31.4 Å². The van der Waals surface area contributed by atoms with Gasteiger partial charge in [0, 0.05) is 18.0 Å². The maximum atomic E-state index is 6.00. The monoisotopic (exact) mass is 337 g/mol. The van der Waals surface area contributed by atoms with Gasteiger partial charge in [-0.3, -0.25) is 4.98 Å². The Morgan fingerprint density at radius 1 is 1.08 bits per heavy atom. The Kier molecular flexibility index (Phi) is 2.95. The standard InChI is InChI=1S/C16H11N5O2S/c1-2-6-12-11(5-1)22-9-13(23-12)14-18-19-16-21(14)20-15(24-16)10-4-3-7-17-8-10/h1-8,13H,9H2/t13-/m1/s1. The van der Waals surface area contributed by atoms with Crippen LogP contribution in [0.25, 0.3) is 15.5 Å². The number of rotatable bonds is 2. The Morgan fingerprint density at radius 3 is 2.88 bits per heavy atom. The molecule has 3 aromatic heterocycles. The second-order valence-electron chi connectivity index (χ2n) is 5.27. The Bertz CT molecular complexity index is 1010. The second kappa shape index (κ2) is 5.27. The van der Waals surface area contributed by atoms with E-state index in [1.165, 1.54) is 11.3 Å². The lowest BCUT2D eigenvalue weighted by atomic mass is 10.2. The molecule has 7 nitrogen and oxygen atoms in total. The molecule has 4 heterocycles. The maximum Gasteiger partial charge on any atom is 0.235 e. The number of nitrogens with zero attached hydrogens (tertiary/aromatic N) is 5. The summed E-state index contributed by atoms with van der Waals surface area (Å²) >= 11 is 1.46. The maximum absolute atomic E-state index is 6.00. The van der Waals surface area contributed by atoms with Crippen molar-refractivity contribution >= 4 is 16.3 Å². The zero-order chi connectivity index (χ0) is 15.9. The number of aromatic nitrogens is 5. The number of pyridine rings is 1. The van der Waals surface area contributed by atoms with Crippen LogP contribution in [0.4, 0.5) is 0 Å². The fraction of sp³-hybridized carbons (Fsp3) is 0.125. The normalized spacial score (nSPS) is 16.4. The predicted octanol–water partition coefficient (Wildman–Crippen LogP) is 2.76. The molecule has 0 amide bonds. The van der Waals surface area contributed by atoms with Crippen LogP contribution in [0.5, 0.6) is 11.5 Å². The van der Waals surface area contributed by atoms with Gasteiger partial charge in [0.05, 0.1) is 0 Å². The van der Waals surface area contributed by atoms with Gasteiger partial charge in [-0.05, 0) is 24.3 Å². The molecule has 0 saturated heterocycles. The van der Waals surface area contributed by atoms with Crippen LogP contribution in [0.2, 0.25) is 0 Å². The van der Waals surface area contributed by atoms with Crippen molar-refractivity contribution in [3.63, 3.8) is 0 Å². The molecule has 4 aromatic rings. The van der Waals surface area contributed by atoms with Crippen LogP contribution in [-0.2, 0) is 0 Å². The van der Waals surface area contributed by atoms with E-state index < -0.39 is 0 Å². The SMILES string of the molecule is c1cncc(-c2nn3c([C@H]4COc5ccccc5O4)nnc3s2)c1. The molecule has 5 rings (SSSR count). The number of fused-ring (bicyclic) bond motifs is 2. The highest BCUT2D eigenvalue weighted by molar-refractivity contribution is 7.19. The molecule has 0 N–H and O–H groups in total. The van der Waals surface area contributed by atoms with Gasteiger partial charge in [0.2, 0.25) is 4.96 Å². The number of hydrogen-bond acceptors (Lipinski definition) is 7. The Hall–Kier alpha value is -3.00. The summed E-state index contributed by atoms with van der Waals surface area (Å²) in [6.45, 7) is 0.373. The topological polar surface area (TPSA) is 74.4 Å². The fourth-order valence-corrected chi connectivity index (χ4v) is 3.42. The van der Waals surface area contributed by atoms with Crippen molar-refractivity contribution in [1.82, 2.24) is 24.8 Å². The first kappa shape index (κ1) is 13.4. The van der Waals surface area contributed by atoms with Gasteiger partial charge in [0.25, 0.3) is 0 Å². The third-order valence-corrected chi connectivity index (χ3v) is 4.67. The van der Waals surface area contributed by atoms with E-state index in [4.69, 9.17) is 9.47 Å². The summed E-state index contributed by atoms with van der Waals surface area (Å²) in [6, 6.07) is 11.4. The smallest absolute Gasteiger partial charge is 0.235 e. The molecule has 0 bridgehead atoms. The first-order valence-electron chi connectivity index (χ1n) is 7.39. The number of ether oxygens (including phenoxy) is 2. The van der Waals surface area contributed by atoms with Crippen molar-refractivity contribution in [1.29, 1.82) is 0 Å². The lowest BCUT2D eigenvalue weighted by Gasteiger charge is -2.24. The highest BCUT2D eigenvalue weighted by Gasteiger charge is 2.28. The van der Waals surface area contributed by atoms with Crippen LogP contribution in [0, 0.1) is 0 Å². The zero-order valence-electron chi connectivity index (χ0n) is 12.4. The van der Waals surface area contributed by atoms with Gasteiger partial charge in [-0.1, -0.05) is 23.5 Å². The van der Waals surface area contributed by atoms with Gasteiger partial charge in [0.1, 0.15) is 11.6 Å². The van der Waals surface area contributed by atoms with E-state index in [-0.39, 0.29) is 6.10 Å². The van der Waals surface area contributed by atoms with Crippen molar-refractivity contribution in [3.8, 4) is 22.1 Å². The van der Waals surface area contributed by atoms with E-state index in [1.54, 1.807) is 16.9 Å². The third-order valence-electron chi connectivity index (χ3n) is 3.72. The highest BCUT2D eigenvalue weighted by atomic mass is 32.1. The molecule has 1 aliphatic heterocycles. The second-order valence-corrected chi connectivity index (χ2v) is 6.22. The van der Waals surface area contributed by atoms with Crippen LogP contribution in [0.1, 0.15) is 11.9 Å². The van der Waals surface area contributed by atoms with Crippen molar-refractivity contribution < 1.29 is 9.47 Å². The molecular weight excluding hydrogens is 326 g/mol. The average Bonchev–Trinajstić information content (AvgIpc) is 3.23. The first-order chi connectivity index (χ1) is 11.9. The molecule has 0 unspecified atom stereocenters. The van der Waals surface area contributed by atoms with Crippen molar-refractivity contribution in [2.75, 3.05) is 6.61 Å². The molecule has 0 spiro atoms. The van der Waals surface area contributed by atoms with Gasteiger partial charge < -0.3 is 9.47 Å². The molecule has 1 aromatic carbocycles. The largest absolute Gasteiger partial charge is 0.485 e. The van der Waals surface area contributed by atoms with E-state index in [9.17, 15) is 0 Å². The summed E-state index contributed by atoms with van der Waals surface area (Å²) in [4.78, 5) is 4.84. The Labute approximate surface area is 140 Å². The minimum absolute atomic E-state index is 0.348. The summed E-state index contributed by atoms with van der Waals surface area (Å²) in [5, 5.41) is 13.9. The fourth-order valence-electron chi connectivity index (χ4n) is 2.59. The molecule has 1 aliphatic rings. The van der Waals surface area contributed by atoms with Crippen molar-refractivity contribution in [3.05, 3.63) is 54.6 Å². The summed E-state index contributed by atoms with van der Waals surface area (Å²) in [5.41, 5.74) is 0.949. The molecule has 0 aliphatic carbocycles. The number of hydrogen-bond donors (Lipinski definition) is 0. The van der Waals surface area contributed by atoms with Gasteiger partial charge in [-0.15, -0.1) is 10.2 Å². The predicted molar refractivity (Wildman–Crippen MR) is 87.2 cm³/mol. The van der Waals surface area contributed by atoms with Gasteiger partial charge >= 0.3 is 0 Å². The van der Waals surface area contributed by atoms with E-state index in [1.807, 2.05) is 36.4 Å². The molecule has 0 radical (unpaired) electrons. The van der Waals surface area contributed by atoms with E-state index in [0.29, 0.717) is 23.1 Å². The number of benzene rings is 1.